The summed E-state index contributed by atoms with van der Waals surface area (Å²) >= 11 is 6.32. The first-order valence-corrected chi connectivity index (χ1v) is 13.0. The van der Waals surface area contributed by atoms with Crippen molar-refractivity contribution in [3.05, 3.63) is 100 Å². The van der Waals surface area contributed by atoms with Gasteiger partial charge in [0, 0.05) is 23.2 Å². The third-order valence-corrected chi connectivity index (χ3v) is 7.48. The second-order valence-corrected chi connectivity index (χ2v) is 10.1. The van der Waals surface area contributed by atoms with Crippen molar-refractivity contribution in [3.63, 3.8) is 0 Å². The summed E-state index contributed by atoms with van der Waals surface area (Å²) in [5.41, 5.74) is 4.30. The Morgan fingerprint density at radius 2 is 1.95 bits per heavy atom. The summed E-state index contributed by atoms with van der Waals surface area (Å²) in [6.45, 7) is 0.247. The second-order valence-electron chi connectivity index (χ2n) is 9.68. The van der Waals surface area contributed by atoms with Crippen LogP contribution in [-0.2, 0) is 6.42 Å². The van der Waals surface area contributed by atoms with Crippen molar-refractivity contribution < 1.29 is 24.1 Å². The zero-order valence-corrected chi connectivity index (χ0v) is 21.1. The van der Waals surface area contributed by atoms with Gasteiger partial charge in [-0.3, -0.25) is 4.90 Å². The average molecular weight is 525 g/mol. The van der Waals surface area contributed by atoms with E-state index >= 15 is 0 Å². The number of aliphatic hydroxyl groups is 2. The molecule has 0 bridgehead atoms. The third kappa shape index (κ3) is 5.59. The molecule has 4 atom stereocenters. The van der Waals surface area contributed by atoms with Crippen LogP contribution in [0.25, 0.3) is 0 Å². The van der Waals surface area contributed by atoms with Gasteiger partial charge in [-0.1, -0.05) is 48.0 Å². The molecule has 0 spiro atoms. The second kappa shape index (κ2) is 11.1. The Morgan fingerprint density at radius 3 is 2.68 bits per heavy atom. The minimum Gasteiger partial charge on any atom is -0.410 e. The van der Waals surface area contributed by atoms with Crippen LogP contribution in [0.1, 0.15) is 36.4 Å². The number of allylic oxidation sites excluding steroid dienone is 2. The molecular weight excluding hydrogens is 495 g/mol. The van der Waals surface area contributed by atoms with E-state index < -0.39 is 18.0 Å². The lowest BCUT2D eigenvalue weighted by atomic mass is 9.85. The molecule has 0 fully saturated rings. The summed E-state index contributed by atoms with van der Waals surface area (Å²) < 4.78 is 19.0. The highest BCUT2D eigenvalue weighted by Gasteiger charge is 2.43. The molecule has 8 heteroatoms. The zero-order chi connectivity index (χ0) is 25.9. The summed E-state index contributed by atoms with van der Waals surface area (Å²) in [6, 6.07) is 13.3. The van der Waals surface area contributed by atoms with Gasteiger partial charge in [0.15, 0.2) is 0 Å². The number of ether oxygens (including phenoxy) is 1. The smallest absolute Gasteiger partial charge is 0.410 e. The first kappa shape index (κ1) is 25.5. The molecule has 2 aliphatic heterocycles. The van der Waals surface area contributed by atoms with Crippen LogP contribution >= 0.6 is 11.6 Å². The molecule has 2 unspecified atom stereocenters. The fourth-order valence-electron chi connectivity index (χ4n) is 5.34. The number of carbonyl (C=O) groups excluding carboxylic acids is 1. The van der Waals surface area contributed by atoms with Crippen molar-refractivity contribution in [2.75, 3.05) is 13.2 Å². The topological polar surface area (TPSA) is 82.0 Å². The van der Waals surface area contributed by atoms with Crippen molar-refractivity contribution in [1.82, 2.24) is 10.2 Å². The SMILES string of the molecule is O=C(Oc1ccc(F)cc1)N1CCC2=C(NC3C=CC(Cl)=CC23)[C@@H]1c1ccc(CCC[C@H](O)CO)cc1. The predicted molar refractivity (Wildman–Crippen MR) is 139 cm³/mol. The van der Waals surface area contributed by atoms with Crippen molar-refractivity contribution >= 4 is 17.7 Å². The number of benzene rings is 2. The monoisotopic (exact) mass is 524 g/mol. The number of nitrogens with zero attached hydrogens (tertiary/aromatic N) is 1. The van der Waals surface area contributed by atoms with Crippen molar-refractivity contribution in [3.8, 4) is 5.75 Å². The van der Waals surface area contributed by atoms with E-state index in [1.165, 1.54) is 29.8 Å². The van der Waals surface area contributed by atoms with E-state index in [-0.39, 0.29) is 30.4 Å². The standard InChI is InChI=1S/C29H30ClFN2O4/c30-20-8-13-26-25(16-20)24-14-15-33(29(36)37-23-11-9-21(31)10-12-23)28(27(24)32-26)19-6-4-18(5-7-19)2-1-3-22(35)17-34/h4-13,16,22,25-26,28,32,34-35H,1-3,14-15,17H2/t22-,25?,26?,28-/m0/s1. The number of amides is 1. The van der Waals surface area contributed by atoms with Crippen LogP contribution < -0.4 is 10.1 Å². The molecule has 2 aromatic carbocycles. The van der Waals surface area contributed by atoms with E-state index in [0.29, 0.717) is 24.4 Å². The van der Waals surface area contributed by atoms with Gasteiger partial charge in [0.05, 0.1) is 18.8 Å². The Morgan fingerprint density at radius 1 is 1.19 bits per heavy atom. The first-order valence-electron chi connectivity index (χ1n) is 12.6. The van der Waals surface area contributed by atoms with Crippen LogP contribution in [0.4, 0.5) is 9.18 Å². The lowest BCUT2D eigenvalue weighted by Gasteiger charge is -2.37. The number of aryl methyl sites for hydroxylation is 1. The lowest BCUT2D eigenvalue weighted by molar-refractivity contribution is 0.0867. The number of hydrogen-bond donors (Lipinski definition) is 3. The maximum atomic E-state index is 13.4. The number of hydrogen-bond acceptors (Lipinski definition) is 5. The summed E-state index contributed by atoms with van der Waals surface area (Å²) in [4.78, 5) is 15.1. The summed E-state index contributed by atoms with van der Waals surface area (Å²) in [5, 5.41) is 23.0. The van der Waals surface area contributed by atoms with Crippen molar-refractivity contribution in [2.45, 2.75) is 43.9 Å². The number of fused-ring (bicyclic) bond motifs is 2. The van der Waals surface area contributed by atoms with E-state index in [1.807, 2.05) is 30.3 Å². The number of carbonyl (C=O) groups is 1. The molecule has 6 nitrogen and oxygen atoms in total. The molecule has 1 amide bonds. The molecule has 2 heterocycles. The molecule has 3 aliphatic rings. The van der Waals surface area contributed by atoms with E-state index in [2.05, 4.69) is 17.5 Å². The Kier molecular flexibility index (Phi) is 7.65. The fourth-order valence-corrected chi connectivity index (χ4v) is 5.55. The normalized spacial score (nSPS) is 23.2. The molecule has 0 saturated heterocycles. The highest BCUT2D eigenvalue weighted by molar-refractivity contribution is 6.31. The third-order valence-electron chi connectivity index (χ3n) is 7.23. The fraction of sp³-hybridized carbons (Fsp3) is 0.345. The quantitative estimate of drug-likeness (QED) is 0.476. The van der Waals surface area contributed by atoms with Crippen LogP contribution in [-0.4, -0.2) is 46.5 Å². The van der Waals surface area contributed by atoms with Crippen molar-refractivity contribution in [2.24, 2.45) is 5.92 Å². The molecule has 0 saturated carbocycles. The molecule has 0 aromatic heterocycles. The Labute approximate surface area is 220 Å². The van der Waals surface area contributed by atoms with Gasteiger partial charge >= 0.3 is 6.09 Å². The highest BCUT2D eigenvalue weighted by atomic mass is 35.5. The van der Waals surface area contributed by atoms with Crippen LogP contribution in [0.2, 0.25) is 0 Å². The Hall–Kier alpha value is -3.13. The summed E-state index contributed by atoms with van der Waals surface area (Å²) in [6.07, 6.45) is 7.61. The van der Waals surface area contributed by atoms with Crippen LogP contribution in [0.15, 0.2) is 83.1 Å². The molecule has 194 valence electrons. The van der Waals surface area contributed by atoms with Crippen LogP contribution in [0.3, 0.4) is 0 Å². The molecular formula is C29H30ClFN2O4. The number of rotatable bonds is 7. The lowest BCUT2D eigenvalue weighted by Crippen LogP contribution is -2.43. The van der Waals surface area contributed by atoms with Gasteiger partial charge in [0.25, 0.3) is 0 Å². The van der Waals surface area contributed by atoms with Gasteiger partial charge in [-0.2, -0.15) is 0 Å². The van der Waals surface area contributed by atoms with Gasteiger partial charge in [-0.15, -0.1) is 0 Å². The van der Waals surface area contributed by atoms with Gasteiger partial charge in [-0.05, 0) is 72.7 Å². The molecule has 37 heavy (non-hydrogen) atoms. The van der Waals surface area contributed by atoms with Crippen LogP contribution in [0, 0.1) is 11.7 Å². The maximum Gasteiger partial charge on any atom is 0.416 e. The van der Waals surface area contributed by atoms with E-state index in [1.54, 1.807) is 4.90 Å². The average Bonchev–Trinajstić information content (AvgIpc) is 3.27. The number of aliphatic hydroxyl groups excluding tert-OH is 2. The van der Waals surface area contributed by atoms with Gasteiger partial charge in [0.1, 0.15) is 17.6 Å². The van der Waals surface area contributed by atoms with E-state index in [4.69, 9.17) is 21.4 Å². The van der Waals surface area contributed by atoms with E-state index in [0.717, 1.165) is 29.7 Å². The molecule has 2 aromatic rings. The minimum atomic E-state index is -0.693. The molecule has 3 N–H and O–H groups in total. The van der Waals surface area contributed by atoms with Crippen molar-refractivity contribution in [1.29, 1.82) is 0 Å². The Bertz CT molecular complexity index is 1230. The van der Waals surface area contributed by atoms with Gasteiger partial charge in [0.2, 0.25) is 0 Å². The first-order chi connectivity index (χ1) is 17.9. The molecule has 1 aliphatic carbocycles. The van der Waals surface area contributed by atoms with Gasteiger partial charge < -0.3 is 20.3 Å². The predicted octanol–water partition coefficient (Wildman–Crippen LogP) is 4.98. The largest absolute Gasteiger partial charge is 0.416 e. The highest BCUT2D eigenvalue weighted by Crippen LogP contribution is 2.44. The number of nitrogens with one attached hydrogen (secondary N) is 1. The Balaban J connectivity index is 1.41. The van der Waals surface area contributed by atoms with E-state index in [9.17, 15) is 14.3 Å². The maximum absolute atomic E-state index is 13.4. The summed E-state index contributed by atoms with van der Waals surface area (Å²) in [7, 11) is 0. The van der Waals surface area contributed by atoms with Gasteiger partial charge in [-0.25, -0.2) is 9.18 Å². The summed E-state index contributed by atoms with van der Waals surface area (Å²) in [5.74, 6) is 0.0347. The molecule has 0 radical (unpaired) electrons. The zero-order valence-electron chi connectivity index (χ0n) is 20.3. The minimum absolute atomic E-state index is 0.0836. The number of halogens is 2. The molecule has 5 rings (SSSR count). The van der Waals surface area contributed by atoms with Crippen LogP contribution in [0.5, 0.6) is 5.75 Å².